The third kappa shape index (κ3) is 3.46. The van der Waals surface area contributed by atoms with Gasteiger partial charge in [-0.1, -0.05) is 13.8 Å². The molecular weight excluding hydrogens is 117 g/mol. The number of nitrogens with one attached hydrogen (secondary N) is 1. The highest BCUT2D eigenvalue weighted by Crippen LogP contribution is 2.16. The van der Waals surface area contributed by atoms with Crippen LogP contribution in [0.15, 0.2) is 0 Å². The lowest BCUT2D eigenvalue weighted by molar-refractivity contribution is 0.218. The van der Waals surface area contributed by atoms with E-state index in [2.05, 4.69) is 5.32 Å². The highest BCUT2D eigenvalue weighted by molar-refractivity contribution is 4.82. The first kappa shape index (κ1) is 8.89. The topological polar surface area (TPSA) is 12.0 Å². The van der Waals surface area contributed by atoms with Gasteiger partial charge in [0.2, 0.25) is 0 Å². The van der Waals surface area contributed by atoms with E-state index >= 15 is 0 Å². The molecule has 0 bridgehead atoms. The average Bonchev–Trinajstić information content (AvgIpc) is 2.19. The predicted octanol–water partition coefficient (Wildman–Crippen LogP) is 1.73. The smallest absolute Gasteiger partial charge is 0.121 e. The minimum absolute atomic E-state index is 0.535. The summed E-state index contributed by atoms with van der Waals surface area (Å²) in [7, 11) is 0. The van der Waals surface area contributed by atoms with Crippen molar-refractivity contribution in [3.05, 3.63) is 0 Å². The Morgan fingerprint density at radius 3 is 2.11 bits per heavy atom. The van der Waals surface area contributed by atoms with Crippen molar-refractivity contribution in [2.24, 2.45) is 0 Å². The molecule has 1 atom stereocenters. The van der Waals surface area contributed by atoms with Crippen molar-refractivity contribution < 1.29 is 4.39 Å². The Morgan fingerprint density at radius 2 is 2.00 bits per heavy atom. The van der Waals surface area contributed by atoms with E-state index in [9.17, 15) is 4.39 Å². The van der Waals surface area contributed by atoms with E-state index in [4.69, 9.17) is 0 Å². The summed E-state index contributed by atoms with van der Waals surface area (Å²) in [5, 5.41) is 2.94. The van der Waals surface area contributed by atoms with E-state index in [1.54, 1.807) is 6.92 Å². The standard InChI is InChI=1S/C5H10FN.C2H6/c1-5(6)2-3-7-4-5;1-2/h7H,2-4H2,1H3;1-2H3. The molecule has 0 aromatic rings. The second kappa shape index (κ2) is 3.83. The fourth-order valence-electron chi connectivity index (χ4n) is 0.786. The Balaban J connectivity index is 0.000000291. The molecule has 0 radical (unpaired) electrons. The Kier molecular flexibility index (Phi) is 3.78. The van der Waals surface area contributed by atoms with Gasteiger partial charge in [0.1, 0.15) is 5.67 Å². The van der Waals surface area contributed by atoms with Gasteiger partial charge < -0.3 is 5.32 Å². The molecule has 0 aromatic heterocycles. The quantitative estimate of drug-likeness (QED) is 0.530. The van der Waals surface area contributed by atoms with E-state index in [-0.39, 0.29) is 0 Å². The molecule has 0 aliphatic carbocycles. The van der Waals surface area contributed by atoms with Gasteiger partial charge in [-0.2, -0.15) is 0 Å². The maximum atomic E-state index is 12.5. The zero-order valence-electron chi connectivity index (χ0n) is 6.50. The first-order valence-electron chi connectivity index (χ1n) is 3.60. The number of hydrogen-bond donors (Lipinski definition) is 1. The lowest BCUT2D eigenvalue weighted by Gasteiger charge is -2.07. The first-order valence-corrected chi connectivity index (χ1v) is 3.60. The molecule has 0 saturated carbocycles. The fraction of sp³-hybridized carbons (Fsp3) is 1.00. The summed E-state index contributed by atoms with van der Waals surface area (Å²) in [4.78, 5) is 0. The van der Waals surface area contributed by atoms with Crippen molar-refractivity contribution in [2.75, 3.05) is 13.1 Å². The van der Waals surface area contributed by atoms with E-state index < -0.39 is 5.67 Å². The lowest BCUT2D eigenvalue weighted by atomic mass is 10.1. The van der Waals surface area contributed by atoms with Gasteiger partial charge in [0.15, 0.2) is 0 Å². The molecule has 1 aliphatic rings. The Labute approximate surface area is 56.6 Å². The lowest BCUT2D eigenvalue weighted by Crippen LogP contribution is -2.20. The maximum absolute atomic E-state index is 12.5. The predicted molar refractivity (Wildman–Crippen MR) is 38.3 cm³/mol. The molecule has 1 nitrogen and oxygen atoms in total. The summed E-state index contributed by atoms with van der Waals surface area (Å²) in [5.74, 6) is 0. The van der Waals surface area contributed by atoms with E-state index in [1.807, 2.05) is 13.8 Å². The molecule has 1 saturated heterocycles. The van der Waals surface area contributed by atoms with E-state index in [0.29, 0.717) is 13.0 Å². The van der Waals surface area contributed by atoms with Gasteiger partial charge in [0, 0.05) is 6.54 Å². The van der Waals surface area contributed by atoms with Gasteiger partial charge >= 0.3 is 0 Å². The fourth-order valence-corrected chi connectivity index (χ4v) is 0.786. The Hall–Kier alpha value is -0.110. The average molecular weight is 133 g/mol. The monoisotopic (exact) mass is 133 g/mol. The van der Waals surface area contributed by atoms with Gasteiger partial charge in [-0.15, -0.1) is 0 Å². The van der Waals surface area contributed by atoms with Gasteiger partial charge in [-0.25, -0.2) is 4.39 Å². The molecule has 2 heteroatoms. The van der Waals surface area contributed by atoms with Crippen LogP contribution >= 0.6 is 0 Å². The normalized spacial score (nSPS) is 33.3. The molecule has 0 aromatic carbocycles. The molecule has 0 spiro atoms. The van der Waals surface area contributed by atoms with Crippen molar-refractivity contribution in [3.8, 4) is 0 Å². The maximum Gasteiger partial charge on any atom is 0.121 e. The molecular formula is C7H16FN. The van der Waals surface area contributed by atoms with Crippen LogP contribution in [0.3, 0.4) is 0 Å². The van der Waals surface area contributed by atoms with Crippen molar-refractivity contribution in [2.45, 2.75) is 32.9 Å². The van der Waals surface area contributed by atoms with Crippen LogP contribution in [-0.2, 0) is 0 Å². The van der Waals surface area contributed by atoms with Crippen LogP contribution in [0.1, 0.15) is 27.2 Å². The Morgan fingerprint density at radius 1 is 1.44 bits per heavy atom. The molecule has 1 rings (SSSR count). The van der Waals surface area contributed by atoms with Crippen molar-refractivity contribution in [1.82, 2.24) is 5.32 Å². The number of halogens is 1. The van der Waals surface area contributed by atoms with Crippen molar-refractivity contribution >= 4 is 0 Å². The highest BCUT2D eigenvalue weighted by Gasteiger charge is 2.26. The molecule has 1 N–H and O–H groups in total. The molecule has 9 heavy (non-hydrogen) atoms. The number of hydrogen-bond acceptors (Lipinski definition) is 1. The molecule has 1 aliphatic heterocycles. The van der Waals surface area contributed by atoms with Crippen LogP contribution in [0.4, 0.5) is 4.39 Å². The van der Waals surface area contributed by atoms with Crippen LogP contribution in [0, 0.1) is 0 Å². The minimum Gasteiger partial charge on any atom is -0.313 e. The highest BCUT2D eigenvalue weighted by atomic mass is 19.1. The first-order chi connectivity index (χ1) is 4.21. The van der Waals surface area contributed by atoms with Crippen LogP contribution in [0.2, 0.25) is 0 Å². The van der Waals surface area contributed by atoms with Crippen LogP contribution in [-0.4, -0.2) is 18.8 Å². The molecule has 0 amide bonds. The zero-order valence-corrected chi connectivity index (χ0v) is 6.50. The van der Waals surface area contributed by atoms with E-state index in [0.717, 1.165) is 6.54 Å². The van der Waals surface area contributed by atoms with Crippen molar-refractivity contribution in [1.29, 1.82) is 0 Å². The summed E-state index contributed by atoms with van der Waals surface area (Å²) in [6.07, 6.45) is 0.674. The molecule has 1 fully saturated rings. The van der Waals surface area contributed by atoms with Gasteiger partial charge in [-0.3, -0.25) is 0 Å². The second-order valence-corrected chi connectivity index (χ2v) is 2.34. The zero-order chi connectivity index (χ0) is 7.33. The minimum atomic E-state index is -0.917. The molecule has 56 valence electrons. The van der Waals surface area contributed by atoms with Gasteiger partial charge in [0.25, 0.3) is 0 Å². The summed E-state index contributed by atoms with van der Waals surface area (Å²) in [5.41, 5.74) is -0.917. The molecule has 1 heterocycles. The third-order valence-corrected chi connectivity index (χ3v) is 1.32. The number of rotatable bonds is 0. The van der Waals surface area contributed by atoms with Crippen LogP contribution < -0.4 is 5.32 Å². The van der Waals surface area contributed by atoms with Gasteiger partial charge in [0.05, 0.1) is 0 Å². The summed E-state index contributed by atoms with van der Waals surface area (Å²) < 4.78 is 12.5. The van der Waals surface area contributed by atoms with Gasteiger partial charge in [-0.05, 0) is 19.9 Å². The van der Waals surface area contributed by atoms with Crippen molar-refractivity contribution in [3.63, 3.8) is 0 Å². The van der Waals surface area contributed by atoms with Crippen LogP contribution in [0.25, 0.3) is 0 Å². The van der Waals surface area contributed by atoms with Crippen LogP contribution in [0.5, 0.6) is 0 Å². The SMILES string of the molecule is CC.CC1(F)CCNC1. The summed E-state index contributed by atoms with van der Waals surface area (Å²) in [6, 6.07) is 0. The largest absolute Gasteiger partial charge is 0.313 e. The summed E-state index contributed by atoms with van der Waals surface area (Å²) in [6.45, 7) is 7.01. The summed E-state index contributed by atoms with van der Waals surface area (Å²) >= 11 is 0. The third-order valence-electron chi connectivity index (χ3n) is 1.32. The Bertz CT molecular complexity index is 63.3. The van der Waals surface area contributed by atoms with E-state index in [1.165, 1.54) is 0 Å². The number of alkyl halides is 1. The molecule has 1 unspecified atom stereocenters. The second-order valence-electron chi connectivity index (χ2n) is 2.34.